The van der Waals surface area contributed by atoms with E-state index in [4.69, 9.17) is 16.7 Å². The lowest BCUT2D eigenvalue weighted by Crippen LogP contribution is -2.48. The van der Waals surface area contributed by atoms with Gasteiger partial charge in [-0.25, -0.2) is 0 Å². The van der Waals surface area contributed by atoms with Gasteiger partial charge in [-0.1, -0.05) is 17.7 Å². The Morgan fingerprint density at radius 3 is 2.74 bits per heavy atom. The Kier molecular flexibility index (Phi) is 7.12. The molecule has 0 aromatic heterocycles. The third-order valence-corrected chi connectivity index (χ3v) is 4.77. The van der Waals surface area contributed by atoms with Gasteiger partial charge >= 0.3 is 5.97 Å². The van der Waals surface area contributed by atoms with Crippen molar-refractivity contribution in [2.75, 3.05) is 13.1 Å². The van der Waals surface area contributed by atoms with Crippen molar-refractivity contribution in [3.8, 4) is 0 Å². The van der Waals surface area contributed by atoms with Crippen LogP contribution in [0.3, 0.4) is 0 Å². The van der Waals surface area contributed by atoms with Crippen LogP contribution in [-0.2, 0) is 9.59 Å². The molecule has 0 saturated carbocycles. The Balaban J connectivity index is 2.03. The van der Waals surface area contributed by atoms with Crippen LogP contribution in [0.15, 0.2) is 18.2 Å². The van der Waals surface area contributed by atoms with Crippen LogP contribution < -0.4 is 5.32 Å². The van der Waals surface area contributed by atoms with Crippen molar-refractivity contribution in [2.24, 2.45) is 0 Å². The van der Waals surface area contributed by atoms with Crippen molar-refractivity contribution < 1.29 is 24.4 Å². The van der Waals surface area contributed by atoms with E-state index < -0.39 is 22.5 Å². The molecule has 0 radical (unpaired) electrons. The summed E-state index contributed by atoms with van der Waals surface area (Å²) in [6.07, 6.45) is 2.74. The average molecular weight is 398 g/mol. The number of halogens is 1. The van der Waals surface area contributed by atoms with E-state index in [-0.39, 0.29) is 35.5 Å². The minimum absolute atomic E-state index is 0.0351. The van der Waals surface area contributed by atoms with Crippen LogP contribution >= 0.6 is 11.6 Å². The second-order valence-electron chi connectivity index (χ2n) is 6.24. The number of nitrogens with one attached hydrogen (secondary N) is 1. The number of amides is 2. The molecule has 146 valence electrons. The number of carboxylic acids is 1. The quantitative estimate of drug-likeness (QED) is 0.536. The maximum atomic E-state index is 12.5. The second kappa shape index (κ2) is 9.31. The Morgan fingerprint density at radius 2 is 2.07 bits per heavy atom. The Hall–Kier alpha value is -2.68. The zero-order chi connectivity index (χ0) is 20.0. The van der Waals surface area contributed by atoms with Crippen LogP contribution in [0, 0.1) is 10.1 Å². The number of nitrogens with zero attached hydrogens (tertiary/aromatic N) is 2. The van der Waals surface area contributed by atoms with Crippen molar-refractivity contribution in [2.45, 2.75) is 38.1 Å². The number of nitro benzene ring substituents is 1. The first-order valence-corrected chi connectivity index (χ1v) is 8.91. The topological polar surface area (TPSA) is 130 Å². The first-order chi connectivity index (χ1) is 12.8. The van der Waals surface area contributed by atoms with Gasteiger partial charge in [-0.05, 0) is 31.7 Å². The molecule has 1 aliphatic rings. The van der Waals surface area contributed by atoms with E-state index in [1.165, 1.54) is 12.1 Å². The number of carbonyl (C=O) groups is 3. The van der Waals surface area contributed by atoms with Gasteiger partial charge in [0.15, 0.2) is 0 Å². The van der Waals surface area contributed by atoms with Gasteiger partial charge in [0.1, 0.15) is 5.56 Å². The van der Waals surface area contributed by atoms with Crippen LogP contribution in [0.1, 0.15) is 42.5 Å². The lowest BCUT2D eigenvalue weighted by atomic mass is 9.98. The highest BCUT2D eigenvalue weighted by atomic mass is 35.5. The number of nitro groups is 1. The summed E-state index contributed by atoms with van der Waals surface area (Å²) >= 11 is 5.91. The van der Waals surface area contributed by atoms with Crippen LogP contribution in [-0.4, -0.2) is 51.8 Å². The molecule has 1 fully saturated rings. The number of aliphatic carboxylic acids is 1. The summed E-state index contributed by atoms with van der Waals surface area (Å²) in [6.45, 7) is 0.149. The summed E-state index contributed by atoms with van der Waals surface area (Å²) in [5.41, 5.74) is -0.734. The van der Waals surface area contributed by atoms with Gasteiger partial charge < -0.3 is 15.3 Å². The van der Waals surface area contributed by atoms with Crippen molar-refractivity contribution in [1.29, 1.82) is 0 Å². The van der Waals surface area contributed by atoms with E-state index in [9.17, 15) is 24.5 Å². The predicted molar refractivity (Wildman–Crippen MR) is 96.7 cm³/mol. The minimum Gasteiger partial charge on any atom is -0.481 e. The highest BCUT2D eigenvalue weighted by Gasteiger charge is 2.28. The summed E-state index contributed by atoms with van der Waals surface area (Å²) < 4.78 is 0. The largest absolute Gasteiger partial charge is 0.481 e. The van der Waals surface area contributed by atoms with Gasteiger partial charge in [0, 0.05) is 25.1 Å². The van der Waals surface area contributed by atoms with Crippen LogP contribution in [0.5, 0.6) is 0 Å². The predicted octanol–water partition coefficient (Wildman–Crippen LogP) is 2.22. The fraction of sp³-hybridized carbons (Fsp3) is 0.471. The normalized spacial score (nSPS) is 16.6. The van der Waals surface area contributed by atoms with Gasteiger partial charge in [-0.15, -0.1) is 0 Å². The molecule has 1 saturated heterocycles. The molecule has 1 aromatic rings. The summed E-state index contributed by atoms with van der Waals surface area (Å²) in [5.74, 6) is -2.08. The zero-order valence-corrected chi connectivity index (χ0v) is 15.3. The Bertz CT molecular complexity index is 754. The van der Waals surface area contributed by atoms with E-state index in [0.717, 1.165) is 18.9 Å². The Labute approximate surface area is 160 Å². The minimum atomic E-state index is -0.924. The van der Waals surface area contributed by atoms with Crippen LogP contribution in [0.4, 0.5) is 5.69 Å². The molecule has 2 rings (SSSR count). The van der Waals surface area contributed by atoms with E-state index in [2.05, 4.69) is 5.32 Å². The first kappa shape index (κ1) is 20.6. The molecular formula is C17H20ClN3O6. The van der Waals surface area contributed by atoms with Crippen molar-refractivity contribution in [3.63, 3.8) is 0 Å². The molecule has 1 atom stereocenters. The average Bonchev–Trinajstić information content (AvgIpc) is 2.64. The van der Waals surface area contributed by atoms with Gasteiger partial charge in [0.25, 0.3) is 11.6 Å². The lowest BCUT2D eigenvalue weighted by molar-refractivity contribution is -0.385. The number of hydrogen-bond donors (Lipinski definition) is 2. The number of likely N-dealkylation sites (tertiary alicyclic amines) is 1. The molecule has 0 aliphatic carbocycles. The molecule has 10 heteroatoms. The lowest BCUT2D eigenvalue weighted by Gasteiger charge is -2.35. The van der Waals surface area contributed by atoms with E-state index >= 15 is 0 Å². The SMILES string of the molecule is O=C(O)CCC1CCCCN1C(=O)CNC(=O)c1c(Cl)cccc1[N+](=O)[O-]. The molecule has 2 amide bonds. The standard InChI is InChI=1S/C17H20ClN3O6/c18-12-5-3-6-13(21(26)27)16(12)17(25)19-10-14(22)20-9-2-1-4-11(20)7-8-15(23)24/h3,5-6,11H,1-2,4,7-10H2,(H,19,25)(H,23,24). The number of benzene rings is 1. The van der Waals surface area contributed by atoms with Gasteiger partial charge in [0.2, 0.25) is 5.91 Å². The maximum Gasteiger partial charge on any atom is 0.303 e. The third kappa shape index (κ3) is 5.40. The molecule has 2 N–H and O–H groups in total. The second-order valence-corrected chi connectivity index (χ2v) is 6.65. The fourth-order valence-electron chi connectivity index (χ4n) is 3.15. The van der Waals surface area contributed by atoms with Gasteiger partial charge in [-0.2, -0.15) is 0 Å². The smallest absolute Gasteiger partial charge is 0.303 e. The van der Waals surface area contributed by atoms with Gasteiger partial charge in [0.05, 0.1) is 16.5 Å². The van der Waals surface area contributed by atoms with Crippen LogP contribution in [0.25, 0.3) is 0 Å². The van der Waals surface area contributed by atoms with E-state index in [1.807, 2.05) is 0 Å². The molecule has 0 spiro atoms. The molecule has 27 heavy (non-hydrogen) atoms. The molecule has 9 nitrogen and oxygen atoms in total. The molecular weight excluding hydrogens is 378 g/mol. The number of hydrogen-bond acceptors (Lipinski definition) is 5. The van der Waals surface area contributed by atoms with E-state index in [0.29, 0.717) is 19.4 Å². The maximum absolute atomic E-state index is 12.5. The fourth-order valence-corrected chi connectivity index (χ4v) is 3.41. The summed E-state index contributed by atoms with van der Waals surface area (Å²) in [4.78, 5) is 47.5. The number of carbonyl (C=O) groups excluding carboxylic acids is 2. The zero-order valence-electron chi connectivity index (χ0n) is 14.5. The molecule has 1 unspecified atom stereocenters. The highest BCUT2D eigenvalue weighted by molar-refractivity contribution is 6.34. The van der Waals surface area contributed by atoms with Crippen molar-refractivity contribution in [1.82, 2.24) is 10.2 Å². The Morgan fingerprint density at radius 1 is 1.33 bits per heavy atom. The highest BCUT2D eigenvalue weighted by Crippen LogP contribution is 2.26. The summed E-state index contributed by atoms with van der Waals surface area (Å²) in [5, 5.41) is 22.2. The number of piperidine rings is 1. The molecule has 1 aromatic carbocycles. The summed E-state index contributed by atoms with van der Waals surface area (Å²) in [7, 11) is 0. The molecule has 0 bridgehead atoms. The number of rotatable bonds is 7. The van der Waals surface area contributed by atoms with Crippen molar-refractivity contribution >= 4 is 35.1 Å². The summed E-state index contributed by atoms with van der Waals surface area (Å²) in [6, 6.07) is 3.70. The monoisotopic (exact) mass is 397 g/mol. The van der Waals surface area contributed by atoms with Gasteiger partial charge in [-0.3, -0.25) is 24.5 Å². The molecule has 1 aliphatic heterocycles. The van der Waals surface area contributed by atoms with Crippen LogP contribution in [0.2, 0.25) is 5.02 Å². The third-order valence-electron chi connectivity index (χ3n) is 4.45. The number of carboxylic acid groups (broad SMARTS) is 1. The molecule has 1 heterocycles. The van der Waals surface area contributed by atoms with Crippen molar-refractivity contribution in [3.05, 3.63) is 38.9 Å². The van der Waals surface area contributed by atoms with E-state index in [1.54, 1.807) is 4.90 Å². The first-order valence-electron chi connectivity index (χ1n) is 8.53.